The molecule has 0 bridgehead atoms. The van der Waals surface area contributed by atoms with E-state index in [9.17, 15) is 8.78 Å². The van der Waals surface area contributed by atoms with Crippen LogP contribution in [0.25, 0.3) is 0 Å². The summed E-state index contributed by atoms with van der Waals surface area (Å²) in [5.74, 6) is -0.960. The number of halogens is 2. The smallest absolute Gasteiger partial charge is 0.129 e. The Bertz CT molecular complexity index is 931. The lowest BCUT2D eigenvalue weighted by atomic mass is 9.93. The Morgan fingerprint density at radius 3 is 2.62 bits per heavy atom. The van der Waals surface area contributed by atoms with Crippen LogP contribution in [0.15, 0.2) is 24.4 Å². The zero-order valence-corrected chi connectivity index (χ0v) is 19.6. The highest BCUT2D eigenvalue weighted by molar-refractivity contribution is 7.96. The van der Waals surface area contributed by atoms with Crippen molar-refractivity contribution >= 4 is 24.1 Å². The second-order valence-electron chi connectivity index (χ2n) is 8.50. The Hall–Kier alpha value is -1.21. The van der Waals surface area contributed by atoms with E-state index in [0.29, 0.717) is 13.0 Å². The Labute approximate surface area is 195 Å². The molecule has 5 rings (SSSR count). The van der Waals surface area contributed by atoms with Gasteiger partial charge in [0.25, 0.3) is 0 Å². The van der Waals surface area contributed by atoms with E-state index in [1.54, 1.807) is 24.1 Å². The number of ether oxygens (including phenoxy) is 1. The summed E-state index contributed by atoms with van der Waals surface area (Å²) >= 11 is 3.47. The number of rotatable bonds is 5. The molecule has 4 heterocycles. The van der Waals surface area contributed by atoms with E-state index in [0.717, 1.165) is 57.1 Å². The third kappa shape index (κ3) is 4.70. The minimum absolute atomic E-state index is 0.132. The molecule has 174 valence electrons. The minimum atomic E-state index is -0.626. The van der Waals surface area contributed by atoms with Crippen molar-refractivity contribution in [3.8, 4) is 0 Å². The van der Waals surface area contributed by atoms with Crippen LogP contribution in [0.4, 0.5) is 8.78 Å². The monoisotopic (exact) mass is 482 g/mol. The second kappa shape index (κ2) is 9.57. The van der Waals surface area contributed by atoms with Crippen molar-refractivity contribution in [3.63, 3.8) is 0 Å². The van der Waals surface area contributed by atoms with E-state index < -0.39 is 23.8 Å². The van der Waals surface area contributed by atoms with Crippen molar-refractivity contribution < 1.29 is 13.5 Å². The molecule has 11 heteroatoms. The lowest BCUT2D eigenvalue weighted by molar-refractivity contribution is -0.0533. The molecule has 2 N–H and O–H groups in total. The van der Waals surface area contributed by atoms with Crippen molar-refractivity contribution in [2.24, 2.45) is 5.73 Å². The molecule has 2 aromatic rings. The normalized spacial score (nSPS) is 27.7. The van der Waals surface area contributed by atoms with Crippen LogP contribution in [0, 0.1) is 11.6 Å². The third-order valence-corrected chi connectivity index (χ3v) is 8.25. The SMILES string of the molecule is CSN1CCN(Sn2cc3c(n2)CN(C2CO[C@H](c4cc(F)ccc4F)C(N)C2)C3)CC1. The first-order chi connectivity index (χ1) is 15.5. The van der Waals surface area contributed by atoms with Crippen LogP contribution in [0.1, 0.15) is 29.3 Å². The van der Waals surface area contributed by atoms with Crippen molar-refractivity contribution in [3.05, 3.63) is 52.9 Å². The molecule has 2 fully saturated rings. The molecule has 3 aliphatic rings. The van der Waals surface area contributed by atoms with Crippen LogP contribution in [-0.2, 0) is 17.8 Å². The third-order valence-electron chi connectivity index (χ3n) is 6.42. The summed E-state index contributed by atoms with van der Waals surface area (Å²) in [6.45, 7) is 6.15. The number of benzene rings is 1. The molecule has 3 atom stereocenters. The van der Waals surface area contributed by atoms with Gasteiger partial charge in [-0.1, -0.05) is 11.9 Å². The van der Waals surface area contributed by atoms with Crippen molar-refractivity contribution in [2.45, 2.75) is 37.7 Å². The van der Waals surface area contributed by atoms with E-state index in [2.05, 4.69) is 26.0 Å². The number of piperazine rings is 1. The van der Waals surface area contributed by atoms with Gasteiger partial charge in [0.05, 0.1) is 24.4 Å². The quantitative estimate of drug-likeness (QED) is 0.653. The molecule has 2 unspecified atom stereocenters. The fourth-order valence-electron chi connectivity index (χ4n) is 4.66. The fraction of sp³-hybridized carbons (Fsp3) is 0.571. The van der Waals surface area contributed by atoms with Crippen molar-refractivity contribution in [2.75, 3.05) is 39.0 Å². The van der Waals surface area contributed by atoms with Gasteiger partial charge in [0.15, 0.2) is 0 Å². The Morgan fingerprint density at radius 1 is 1.12 bits per heavy atom. The standard InChI is InChI=1S/C21H28F2N6OS2/c1-31-27-4-6-28(7-5-27)32-29-11-14-10-26(12-20(14)25-29)16-9-19(24)21(30-13-16)17-8-15(22)2-3-18(17)23/h2-3,8,11,16,19,21H,4-7,9-10,12-13,24H2,1H3/t16?,19?,21-/m1/s1. The summed E-state index contributed by atoms with van der Waals surface area (Å²) < 4.78 is 40.4. The summed E-state index contributed by atoms with van der Waals surface area (Å²) in [4.78, 5) is 2.32. The maximum Gasteiger partial charge on any atom is 0.129 e. The highest BCUT2D eigenvalue weighted by atomic mass is 32.2. The Kier molecular flexibility index (Phi) is 6.75. The number of hydrogen-bond donors (Lipinski definition) is 1. The molecule has 1 aromatic heterocycles. The van der Waals surface area contributed by atoms with Gasteiger partial charge < -0.3 is 10.5 Å². The first kappa shape index (κ1) is 22.6. The zero-order chi connectivity index (χ0) is 22.2. The molecule has 0 saturated carbocycles. The predicted octanol–water partition coefficient (Wildman–Crippen LogP) is 2.64. The van der Waals surface area contributed by atoms with Crippen LogP contribution in [0.5, 0.6) is 0 Å². The van der Waals surface area contributed by atoms with Gasteiger partial charge in [0, 0.05) is 68.7 Å². The highest BCUT2D eigenvalue weighted by Gasteiger charge is 2.37. The van der Waals surface area contributed by atoms with Crippen LogP contribution >= 0.6 is 24.1 Å². The maximum atomic E-state index is 14.2. The molecule has 32 heavy (non-hydrogen) atoms. The van der Waals surface area contributed by atoms with Crippen molar-refractivity contribution in [1.82, 2.24) is 22.7 Å². The van der Waals surface area contributed by atoms with Crippen molar-refractivity contribution in [1.29, 1.82) is 0 Å². The maximum absolute atomic E-state index is 14.2. The fourth-order valence-corrected chi connectivity index (χ4v) is 6.06. The van der Waals surface area contributed by atoms with Crippen LogP contribution in [-0.4, -0.2) is 73.8 Å². The molecule has 3 aliphatic heterocycles. The van der Waals surface area contributed by atoms with Gasteiger partial charge in [-0.3, -0.25) is 4.90 Å². The minimum Gasteiger partial charge on any atom is -0.370 e. The first-order valence-corrected chi connectivity index (χ1v) is 12.8. The van der Waals surface area contributed by atoms with Gasteiger partial charge in [-0.05, 0) is 30.9 Å². The highest BCUT2D eigenvalue weighted by Crippen LogP contribution is 2.34. The molecule has 0 radical (unpaired) electrons. The summed E-state index contributed by atoms with van der Waals surface area (Å²) in [5, 5.41) is 4.79. The molecule has 7 nitrogen and oxygen atoms in total. The zero-order valence-electron chi connectivity index (χ0n) is 18.0. The van der Waals surface area contributed by atoms with Crippen LogP contribution in [0.3, 0.4) is 0 Å². The largest absolute Gasteiger partial charge is 0.370 e. The molecular weight excluding hydrogens is 454 g/mol. The second-order valence-corrected chi connectivity index (χ2v) is 10.4. The summed E-state index contributed by atoms with van der Waals surface area (Å²) in [6, 6.07) is 3.17. The molecule has 0 spiro atoms. The number of nitrogens with two attached hydrogens (primary N) is 1. The molecular formula is C21H28F2N6OS2. The predicted molar refractivity (Wildman–Crippen MR) is 123 cm³/mol. The van der Waals surface area contributed by atoms with E-state index in [1.165, 1.54) is 11.6 Å². The Balaban J connectivity index is 1.16. The Morgan fingerprint density at radius 2 is 1.91 bits per heavy atom. The van der Waals surface area contributed by atoms with E-state index in [4.69, 9.17) is 15.6 Å². The van der Waals surface area contributed by atoms with Gasteiger partial charge in [-0.15, -0.1) is 0 Å². The molecule has 1 aromatic carbocycles. The average Bonchev–Trinajstić information content (AvgIpc) is 3.35. The van der Waals surface area contributed by atoms with E-state index in [-0.39, 0.29) is 11.6 Å². The van der Waals surface area contributed by atoms with Gasteiger partial charge in [-0.25, -0.2) is 17.4 Å². The number of hydrogen-bond acceptors (Lipinski definition) is 8. The molecule has 0 aliphatic carbocycles. The lowest BCUT2D eigenvalue weighted by Gasteiger charge is -2.38. The van der Waals surface area contributed by atoms with Crippen LogP contribution in [0.2, 0.25) is 0 Å². The lowest BCUT2D eigenvalue weighted by Crippen LogP contribution is -2.47. The number of nitrogens with zero attached hydrogens (tertiary/aromatic N) is 5. The molecule has 2 saturated heterocycles. The summed E-state index contributed by atoms with van der Waals surface area (Å²) in [7, 11) is 0. The van der Waals surface area contributed by atoms with Gasteiger partial charge in [-0.2, -0.15) is 9.19 Å². The number of fused-ring (bicyclic) bond motifs is 1. The number of aromatic nitrogens is 2. The van der Waals surface area contributed by atoms with Gasteiger partial charge >= 0.3 is 0 Å². The summed E-state index contributed by atoms with van der Waals surface area (Å²) in [5.41, 5.74) is 8.86. The average molecular weight is 483 g/mol. The first-order valence-electron chi connectivity index (χ1n) is 10.9. The van der Waals surface area contributed by atoms with E-state index in [1.807, 2.05) is 4.09 Å². The van der Waals surface area contributed by atoms with Gasteiger partial charge in [0.2, 0.25) is 0 Å². The molecule has 0 amide bonds. The van der Waals surface area contributed by atoms with Gasteiger partial charge in [0.1, 0.15) is 17.7 Å². The topological polar surface area (TPSA) is 62.8 Å². The van der Waals surface area contributed by atoms with Crippen LogP contribution < -0.4 is 5.73 Å². The van der Waals surface area contributed by atoms with E-state index >= 15 is 0 Å². The summed E-state index contributed by atoms with van der Waals surface area (Å²) in [6.07, 6.45) is 4.28.